The third-order valence-electron chi connectivity index (χ3n) is 3.62. The van der Waals surface area contributed by atoms with Crippen LogP contribution in [0.25, 0.3) is 0 Å². The van der Waals surface area contributed by atoms with Crippen LogP contribution >= 0.6 is 12.4 Å². The molecular formula is C15H23ClN2O2. The highest BCUT2D eigenvalue weighted by Crippen LogP contribution is 2.17. The van der Waals surface area contributed by atoms with Crippen LogP contribution in [0.2, 0.25) is 0 Å². The molecule has 1 amide bonds. The van der Waals surface area contributed by atoms with Gasteiger partial charge in [-0.25, -0.2) is 0 Å². The van der Waals surface area contributed by atoms with Crippen molar-refractivity contribution in [3.63, 3.8) is 0 Å². The van der Waals surface area contributed by atoms with Crippen molar-refractivity contribution in [1.29, 1.82) is 0 Å². The Hall–Kier alpha value is -1.10. The summed E-state index contributed by atoms with van der Waals surface area (Å²) in [7, 11) is 1.70. The van der Waals surface area contributed by atoms with Gasteiger partial charge in [0.25, 0.3) is 0 Å². The molecule has 2 unspecified atom stereocenters. The predicted molar refractivity (Wildman–Crippen MR) is 81.9 cm³/mol. The van der Waals surface area contributed by atoms with Gasteiger partial charge in [0.1, 0.15) is 0 Å². The molecule has 1 fully saturated rings. The van der Waals surface area contributed by atoms with E-state index in [-0.39, 0.29) is 18.3 Å². The molecule has 5 heteroatoms. The average Bonchev–Trinajstić information content (AvgIpc) is 2.88. The number of nitrogens with zero attached hydrogens (tertiary/aromatic N) is 1. The molecule has 0 bridgehead atoms. The summed E-state index contributed by atoms with van der Waals surface area (Å²) in [6.07, 6.45) is 1.61. The van der Waals surface area contributed by atoms with Crippen molar-refractivity contribution in [2.24, 2.45) is 11.7 Å². The van der Waals surface area contributed by atoms with Gasteiger partial charge in [0.05, 0.1) is 12.6 Å². The number of rotatable bonds is 5. The summed E-state index contributed by atoms with van der Waals surface area (Å²) in [4.78, 5) is 14.1. The number of likely N-dealkylation sites (tertiary alicyclic amines) is 1. The molecule has 2 atom stereocenters. The first-order chi connectivity index (χ1) is 9.20. The number of nitrogens with two attached hydrogens (primary N) is 1. The largest absolute Gasteiger partial charge is 0.384 e. The second kappa shape index (κ2) is 8.25. The van der Waals surface area contributed by atoms with Crippen molar-refractivity contribution in [3.05, 3.63) is 35.9 Å². The van der Waals surface area contributed by atoms with E-state index in [4.69, 9.17) is 10.5 Å². The smallest absolute Gasteiger partial charge is 0.239 e. The molecule has 2 N–H and O–H groups in total. The molecule has 1 aliphatic heterocycles. The van der Waals surface area contributed by atoms with Gasteiger partial charge < -0.3 is 15.4 Å². The van der Waals surface area contributed by atoms with Crippen LogP contribution in [0.15, 0.2) is 30.3 Å². The number of carbonyl (C=O) groups is 1. The molecule has 20 heavy (non-hydrogen) atoms. The van der Waals surface area contributed by atoms with Gasteiger partial charge in [0.15, 0.2) is 0 Å². The second-order valence-corrected chi connectivity index (χ2v) is 5.19. The van der Waals surface area contributed by atoms with Crippen molar-refractivity contribution < 1.29 is 9.53 Å². The van der Waals surface area contributed by atoms with Crippen LogP contribution in [0.3, 0.4) is 0 Å². The van der Waals surface area contributed by atoms with Crippen LogP contribution in [-0.2, 0) is 16.0 Å². The van der Waals surface area contributed by atoms with Crippen LogP contribution < -0.4 is 5.73 Å². The SMILES string of the molecule is COCC1CCN(C(=O)C(N)Cc2ccccc2)C1.Cl. The van der Waals surface area contributed by atoms with Gasteiger partial charge in [-0.1, -0.05) is 30.3 Å². The van der Waals surface area contributed by atoms with Gasteiger partial charge in [0, 0.05) is 26.1 Å². The summed E-state index contributed by atoms with van der Waals surface area (Å²) in [5.41, 5.74) is 7.13. The maximum Gasteiger partial charge on any atom is 0.239 e. The topological polar surface area (TPSA) is 55.6 Å². The molecule has 0 aromatic heterocycles. The number of halogens is 1. The van der Waals surface area contributed by atoms with Crippen molar-refractivity contribution in [2.75, 3.05) is 26.8 Å². The zero-order valence-electron chi connectivity index (χ0n) is 11.8. The van der Waals surface area contributed by atoms with Crippen molar-refractivity contribution in [2.45, 2.75) is 18.9 Å². The third kappa shape index (κ3) is 4.47. The molecule has 2 rings (SSSR count). The maximum atomic E-state index is 12.3. The summed E-state index contributed by atoms with van der Waals surface area (Å²) in [6, 6.07) is 9.47. The molecule has 1 heterocycles. The second-order valence-electron chi connectivity index (χ2n) is 5.19. The van der Waals surface area contributed by atoms with Crippen LogP contribution in [0, 0.1) is 5.92 Å². The van der Waals surface area contributed by atoms with Gasteiger partial charge in [0.2, 0.25) is 5.91 Å². The van der Waals surface area contributed by atoms with E-state index in [0.717, 1.165) is 31.7 Å². The highest BCUT2D eigenvalue weighted by Gasteiger charge is 2.29. The van der Waals surface area contributed by atoms with Gasteiger partial charge in [-0.15, -0.1) is 12.4 Å². The summed E-state index contributed by atoms with van der Waals surface area (Å²) < 4.78 is 5.14. The fourth-order valence-electron chi connectivity index (χ4n) is 2.59. The molecule has 0 saturated carbocycles. The van der Waals surface area contributed by atoms with Crippen LogP contribution in [0.4, 0.5) is 0 Å². The normalized spacial score (nSPS) is 19.5. The highest BCUT2D eigenvalue weighted by molar-refractivity contribution is 5.85. The third-order valence-corrected chi connectivity index (χ3v) is 3.62. The van der Waals surface area contributed by atoms with Crippen molar-refractivity contribution in [1.82, 2.24) is 4.90 Å². The Morgan fingerprint density at radius 2 is 2.15 bits per heavy atom. The maximum absolute atomic E-state index is 12.3. The zero-order valence-corrected chi connectivity index (χ0v) is 12.6. The average molecular weight is 299 g/mol. The fraction of sp³-hybridized carbons (Fsp3) is 0.533. The number of amides is 1. The number of ether oxygens (including phenoxy) is 1. The molecular weight excluding hydrogens is 276 g/mol. The van der Waals surface area contributed by atoms with Crippen LogP contribution in [0.1, 0.15) is 12.0 Å². The van der Waals surface area contributed by atoms with E-state index in [1.54, 1.807) is 7.11 Å². The van der Waals surface area contributed by atoms with E-state index in [2.05, 4.69) is 0 Å². The van der Waals surface area contributed by atoms with E-state index in [0.29, 0.717) is 12.3 Å². The van der Waals surface area contributed by atoms with Crippen LogP contribution in [-0.4, -0.2) is 43.7 Å². The molecule has 1 aromatic carbocycles. The van der Waals surface area contributed by atoms with E-state index < -0.39 is 6.04 Å². The Morgan fingerprint density at radius 1 is 1.45 bits per heavy atom. The Balaban J connectivity index is 0.00000200. The summed E-state index contributed by atoms with van der Waals surface area (Å²) in [5, 5.41) is 0. The molecule has 1 saturated heterocycles. The van der Waals surface area contributed by atoms with E-state index in [9.17, 15) is 4.79 Å². The number of hydrogen-bond donors (Lipinski definition) is 1. The first-order valence-electron chi connectivity index (χ1n) is 6.78. The lowest BCUT2D eigenvalue weighted by Gasteiger charge is -2.21. The minimum atomic E-state index is -0.441. The molecule has 0 spiro atoms. The first-order valence-corrected chi connectivity index (χ1v) is 6.78. The molecule has 0 radical (unpaired) electrons. The standard InChI is InChI=1S/C15H22N2O2.ClH/c1-19-11-13-7-8-17(10-13)15(18)14(16)9-12-5-3-2-4-6-12;/h2-6,13-14H,7-11,16H2,1H3;1H. The van der Waals surface area contributed by atoms with E-state index in [1.165, 1.54) is 0 Å². The van der Waals surface area contributed by atoms with Gasteiger partial charge in [-0.3, -0.25) is 4.79 Å². The quantitative estimate of drug-likeness (QED) is 0.896. The number of methoxy groups -OCH3 is 1. The van der Waals surface area contributed by atoms with E-state index >= 15 is 0 Å². The molecule has 1 aliphatic rings. The molecule has 0 aliphatic carbocycles. The molecule has 1 aromatic rings. The lowest BCUT2D eigenvalue weighted by atomic mass is 10.1. The Bertz CT molecular complexity index is 414. The molecule has 112 valence electrons. The lowest BCUT2D eigenvalue weighted by molar-refractivity contribution is -0.131. The minimum Gasteiger partial charge on any atom is -0.384 e. The number of hydrogen-bond acceptors (Lipinski definition) is 3. The Morgan fingerprint density at radius 3 is 2.80 bits per heavy atom. The summed E-state index contributed by atoms with van der Waals surface area (Å²) in [6.45, 7) is 2.29. The fourth-order valence-corrected chi connectivity index (χ4v) is 2.59. The van der Waals surface area contributed by atoms with Crippen molar-refractivity contribution in [3.8, 4) is 0 Å². The minimum absolute atomic E-state index is 0. The summed E-state index contributed by atoms with van der Waals surface area (Å²) in [5.74, 6) is 0.514. The predicted octanol–water partition coefficient (Wildman–Crippen LogP) is 1.47. The highest BCUT2D eigenvalue weighted by atomic mass is 35.5. The monoisotopic (exact) mass is 298 g/mol. The van der Waals surface area contributed by atoms with Crippen molar-refractivity contribution >= 4 is 18.3 Å². The number of benzene rings is 1. The Labute approximate surface area is 126 Å². The first kappa shape index (κ1) is 17.0. The Kier molecular flexibility index (Phi) is 6.99. The lowest BCUT2D eigenvalue weighted by Crippen LogP contribution is -2.44. The van der Waals surface area contributed by atoms with Gasteiger partial charge in [-0.2, -0.15) is 0 Å². The number of carbonyl (C=O) groups excluding carboxylic acids is 1. The van der Waals surface area contributed by atoms with E-state index in [1.807, 2.05) is 35.2 Å². The van der Waals surface area contributed by atoms with Gasteiger partial charge in [-0.05, 0) is 18.4 Å². The van der Waals surface area contributed by atoms with Crippen LogP contribution in [0.5, 0.6) is 0 Å². The van der Waals surface area contributed by atoms with Gasteiger partial charge >= 0.3 is 0 Å². The molecule has 4 nitrogen and oxygen atoms in total. The zero-order chi connectivity index (χ0) is 13.7. The summed E-state index contributed by atoms with van der Waals surface area (Å²) >= 11 is 0.